The lowest BCUT2D eigenvalue weighted by Crippen LogP contribution is -2.45. The highest BCUT2D eigenvalue weighted by atomic mass is 16.2. The maximum absolute atomic E-state index is 13.0. The van der Waals surface area contributed by atoms with Gasteiger partial charge in [0.1, 0.15) is 12.1 Å². The highest BCUT2D eigenvalue weighted by Gasteiger charge is 2.51. The molecule has 2 unspecified atom stereocenters. The maximum Gasteiger partial charge on any atom is 0.325 e. The van der Waals surface area contributed by atoms with Crippen LogP contribution in [0.5, 0.6) is 0 Å². The van der Waals surface area contributed by atoms with E-state index in [-0.39, 0.29) is 24.4 Å². The van der Waals surface area contributed by atoms with Crippen LogP contribution in [-0.2, 0) is 15.1 Å². The van der Waals surface area contributed by atoms with Crippen molar-refractivity contribution in [2.24, 2.45) is 0 Å². The van der Waals surface area contributed by atoms with E-state index >= 15 is 0 Å². The highest BCUT2D eigenvalue weighted by molar-refractivity contribution is 6.09. The number of nitrogens with one attached hydrogen (secondary N) is 2. The molecule has 0 aromatic heterocycles. The highest BCUT2D eigenvalue weighted by Crippen LogP contribution is 2.32. The molecule has 1 aliphatic rings. The van der Waals surface area contributed by atoms with E-state index in [0.717, 1.165) is 36.1 Å². The summed E-state index contributed by atoms with van der Waals surface area (Å²) in [6, 6.07) is 8.68. The van der Waals surface area contributed by atoms with Gasteiger partial charge in [-0.1, -0.05) is 63.4 Å². The van der Waals surface area contributed by atoms with Crippen molar-refractivity contribution < 1.29 is 14.4 Å². The molecule has 2 atom stereocenters. The van der Waals surface area contributed by atoms with Gasteiger partial charge in [-0.25, -0.2) is 4.79 Å². The Labute approximate surface area is 155 Å². The van der Waals surface area contributed by atoms with Crippen LogP contribution in [0.15, 0.2) is 30.3 Å². The lowest BCUT2D eigenvalue weighted by Gasteiger charge is -2.25. The number of imide groups is 1. The van der Waals surface area contributed by atoms with Gasteiger partial charge in [0, 0.05) is 6.04 Å². The molecule has 4 amide bonds. The van der Waals surface area contributed by atoms with Crippen LogP contribution in [0.4, 0.5) is 4.79 Å². The largest absolute Gasteiger partial charge is 0.352 e. The molecule has 1 heterocycles. The Morgan fingerprint density at radius 3 is 2.50 bits per heavy atom. The van der Waals surface area contributed by atoms with E-state index < -0.39 is 11.6 Å². The zero-order valence-electron chi connectivity index (χ0n) is 15.9. The van der Waals surface area contributed by atoms with Gasteiger partial charge in [0.15, 0.2) is 0 Å². The van der Waals surface area contributed by atoms with Gasteiger partial charge in [-0.2, -0.15) is 0 Å². The van der Waals surface area contributed by atoms with Crippen molar-refractivity contribution in [2.45, 2.75) is 64.5 Å². The van der Waals surface area contributed by atoms with E-state index in [1.807, 2.05) is 44.2 Å². The Bertz CT molecular complexity index is 647. The molecule has 0 bridgehead atoms. The van der Waals surface area contributed by atoms with E-state index in [9.17, 15) is 14.4 Å². The summed E-state index contributed by atoms with van der Waals surface area (Å²) in [4.78, 5) is 38.6. The van der Waals surface area contributed by atoms with Gasteiger partial charge in [-0.05, 0) is 25.3 Å². The van der Waals surface area contributed by atoms with Crippen LogP contribution in [-0.4, -0.2) is 35.3 Å². The van der Waals surface area contributed by atoms with E-state index in [4.69, 9.17) is 0 Å². The van der Waals surface area contributed by atoms with Crippen LogP contribution in [0.2, 0.25) is 0 Å². The maximum atomic E-state index is 13.0. The number of hydrogen-bond donors (Lipinski definition) is 2. The number of hydrogen-bond acceptors (Lipinski definition) is 3. The third-order valence-corrected chi connectivity index (χ3v) is 4.92. The van der Waals surface area contributed by atoms with Crippen LogP contribution in [0.3, 0.4) is 0 Å². The second-order valence-electron chi connectivity index (χ2n) is 6.91. The van der Waals surface area contributed by atoms with Gasteiger partial charge < -0.3 is 10.6 Å². The first-order chi connectivity index (χ1) is 12.4. The molecule has 0 saturated carbocycles. The Hall–Kier alpha value is -2.37. The zero-order valence-corrected chi connectivity index (χ0v) is 15.9. The molecule has 142 valence electrons. The number of amides is 4. The molecule has 0 radical (unpaired) electrons. The number of benzene rings is 1. The molecule has 1 aromatic carbocycles. The summed E-state index contributed by atoms with van der Waals surface area (Å²) in [6.45, 7) is 5.68. The molecule has 26 heavy (non-hydrogen) atoms. The van der Waals surface area contributed by atoms with Crippen LogP contribution < -0.4 is 10.6 Å². The molecule has 1 aromatic rings. The molecule has 6 nitrogen and oxygen atoms in total. The summed E-state index contributed by atoms with van der Waals surface area (Å²) in [6.07, 6.45) is 4.62. The van der Waals surface area contributed by atoms with Crippen molar-refractivity contribution in [2.75, 3.05) is 6.54 Å². The van der Waals surface area contributed by atoms with E-state index in [1.165, 1.54) is 0 Å². The summed E-state index contributed by atoms with van der Waals surface area (Å²) in [5.74, 6) is -0.678. The molecule has 0 spiro atoms. The van der Waals surface area contributed by atoms with Crippen LogP contribution in [0.1, 0.15) is 58.4 Å². The Kier molecular flexibility index (Phi) is 6.77. The summed E-state index contributed by atoms with van der Waals surface area (Å²) in [5.41, 5.74) is -0.359. The quantitative estimate of drug-likeness (QED) is 0.526. The number of rotatable bonds is 9. The summed E-state index contributed by atoms with van der Waals surface area (Å²) < 4.78 is 0. The molecular weight excluding hydrogens is 330 g/mol. The average molecular weight is 359 g/mol. The van der Waals surface area contributed by atoms with Gasteiger partial charge in [-0.15, -0.1) is 0 Å². The second kappa shape index (κ2) is 8.83. The third-order valence-electron chi connectivity index (χ3n) is 4.92. The van der Waals surface area contributed by atoms with Crippen molar-refractivity contribution in [3.63, 3.8) is 0 Å². The van der Waals surface area contributed by atoms with Crippen molar-refractivity contribution >= 4 is 17.8 Å². The third kappa shape index (κ3) is 4.23. The molecule has 2 rings (SSSR count). The minimum atomic E-state index is -1.09. The fourth-order valence-corrected chi connectivity index (χ4v) is 3.37. The lowest BCUT2D eigenvalue weighted by molar-refractivity contribution is -0.135. The van der Waals surface area contributed by atoms with Gasteiger partial charge in [0.25, 0.3) is 5.91 Å². The van der Waals surface area contributed by atoms with Gasteiger partial charge >= 0.3 is 6.03 Å². The molecule has 1 aliphatic heterocycles. The number of unbranched alkanes of at least 4 members (excludes halogenated alkanes) is 2. The Morgan fingerprint density at radius 2 is 1.88 bits per heavy atom. The number of carbonyl (C=O) groups is 3. The number of nitrogens with zero attached hydrogens (tertiary/aromatic N) is 1. The van der Waals surface area contributed by atoms with Crippen LogP contribution in [0, 0.1) is 0 Å². The van der Waals surface area contributed by atoms with Crippen molar-refractivity contribution in [1.29, 1.82) is 0 Å². The van der Waals surface area contributed by atoms with E-state index in [0.29, 0.717) is 6.42 Å². The average Bonchev–Trinajstić information content (AvgIpc) is 2.87. The van der Waals surface area contributed by atoms with E-state index in [2.05, 4.69) is 17.6 Å². The summed E-state index contributed by atoms with van der Waals surface area (Å²) in [7, 11) is 0. The Morgan fingerprint density at radius 1 is 1.19 bits per heavy atom. The Balaban J connectivity index is 2.03. The summed E-state index contributed by atoms with van der Waals surface area (Å²) in [5, 5.41) is 5.67. The molecule has 6 heteroatoms. The molecule has 2 N–H and O–H groups in total. The number of urea groups is 1. The monoisotopic (exact) mass is 359 g/mol. The first-order valence-electron chi connectivity index (χ1n) is 9.43. The second-order valence-corrected chi connectivity index (χ2v) is 6.91. The van der Waals surface area contributed by atoms with Crippen molar-refractivity contribution in [3.05, 3.63) is 35.9 Å². The predicted octanol–water partition coefficient (Wildman–Crippen LogP) is 2.93. The molecular formula is C20H29N3O3. The zero-order chi connectivity index (χ0) is 19.2. The topological polar surface area (TPSA) is 78.5 Å². The van der Waals surface area contributed by atoms with Crippen LogP contribution in [0.25, 0.3) is 0 Å². The van der Waals surface area contributed by atoms with Crippen molar-refractivity contribution in [1.82, 2.24) is 15.5 Å². The number of carbonyl (C=O) groups excluding carboxylic acids is 3. The fourth-order valence-electron chi connectivity index (χ4n) is 3.37. The summed E-state index contributed by atoms with van der Waals surface area (Å²) >= 11 is 0. The molecule has 0 aliphatic carbocycles. The van der Waals surface area contributed by atoms with E-state index in [1.54, 1.807) is 0 Å². The smallest absolute Gasteiger partial charge is 0.325 e. The van der Waals surface area contributed by atoms with Gasteiger partial charge in [0.2, 0.25) is 5.91 Å². The predicted molar refractivity (Wildman–Crippen MR) is 100 cm³/mol. The van der Waals surface area contributed by atoms with Crippen molar-refractivity contribution in [3.8, 4) is 0 Å². The van der Waals surface area contributed by atoms with Crippen LogP contribution >= 0.6 is 0 Å². The minimum absolute atomic E-state index is 0.0277. The fraction of sp³-hybridized carbons (Fsp3) is 0.550. The SMILES string of the molecule is CCCCCC(C)NC(=O)CN1C(=O)NC(CC)(c2ccccc2)C1=O. The lowest BCUT2D eigenvalue weighted by atomic mass is 9.87. The standard InChI is InChI=1S/C20H29N3O3/c1-4-6-8-11-15(3)21-17(24)14-23-18(25)20(5-2,22-19(23)26)16-12-9-7-10-13-16/h7,9-10,12-13,15H,4-6,8,11,14H2,1-3H3,(H,21,24)(H,22,26). The molecule has 1 fully saturated rings. The van der Waals surface area contributed by atoms with Gasteiger partial charge in [0.05, 0.1) is 0 Å². The molecule has 1 saturated heterocycles. The minimum Gasteiger partial charge on any atom is -0.352 e. The van der Waals surface area contributed by atoms with Gasteiger partial charge in [-0.3, -0.25) is 14.5 Å². The first kappa shape index (κ1) is 19.9. The first-order valence-corrected chi connectivity index (χ1v) is 9.43. The normalized spacial score (nSPS) is 20.8.